The smallest absolute Gasteiger partial charge is 0.306 e. The first-order chi connectivity index (χ1) is 8.35. The van der Waals surface area contributed by atoms with Gasteiger partial charge in [0.15, 0.2) is 0 Å². The number of nitrogens with one attached hydrogen (secondary N) is 1. The van der Waals surface area contributed by atoms with Crippen molar-refractivity contribution in [3.05, 3.63) is 24.0 Å². The van der Waals surface area contributed by atoms with Crippen LogP contribution in [-0.4, -0.2) is 27.2 Å². The van der Waals surface area contributed by atoms with E-state index in [9.17, 15) is 17.6 Å². The molecule has 0 radical (unpaired) electrons. The molecule has 1 rings (SSSR count). The van der Waals surface area contributed by atoms with Crippen molar-refractivity contribution in [1.29, 1.82) is 0 Å². The minimum absolute atomic E-state index is 0.0309. The quantitative estimate of drug-likeness (QED) is 0.609. The number of carbonyl (C=O) groups excluding carboxylic acids is 1. The van der Waals surface area contributed by atoms with E-state index >= 15 is 0 Å². The van der Waals surface area contributed by atoms with E-state index in [-0.39, 0.29) is 17.8 Å². The zero-order valence-electron chi connectivity index (χ0n) is 9.64. The largest absolute Gasteiger partial charge is 0.469 e. The molecular weight excluding hydrogens is 263 g/mol. The van der Waals surface area contributed by atoms with Gasteiger partial charge in [0.2, 0.25) is 10.0 Å². The lowest BCUT2D eigenvalue weighted by molar-refractivity contribution is -0.140. The lowest BCUT2D eigenvalue weighted by Gasteiger charge is -2.10. The summed E-state index contributed by atoms with van der Waals surface area (Å²) >= 11 is 0. The van der Waals surface area contributed by atoms with Crippen LogP contribution in [0.3, 0.4) is 0 Å². The summed E-state index contributed by atoms with van der Waals surface area (Å²) in [4.78, 5) is 10.8. The zero-order valence-corrected chi connectivity index (χ0v) is 10.5. The molecule has 6 nitrogen and oxygen atoms in total. The first kappa shape index (κ1) is 14.2. The van der Waals surface area contributed by atoms with E-state index < -0.39 is 27.6 Å². The Morgan fingerprint density at radius 1 is 1.50 bits per heavy atom. The molecule has 0 saturated heterocycles. The molecule has 0 atom stereocenters. The van der Waals surface area contributed by atoms with Crippen molar-refractivity contribution in [3.63, 3.8) is 0 Å². The van der Waals surface area contributed by atoms with E-state index in [1.54, 1.807) is 0 Å². The van der Waals surface area contributed by atoms with Crippen LogP contribution in [0.2, 0.25) is 0 Å². The Bertz CT molecular complexity index is 525. The van der Waals surface area contributed by atoms with Crippen molar-refractivity contribution in [2.75, 3.05) is 23.3 Å². The molecule has 0 aliphatic carbocycles. The number of sulfonamides is 1. The van der Waals surface area contributed by atoms with Gasteiger partial charge in [-0.3, -0.25) is 9.52 Å². The molecule has 0 fully saturated rings. The molecule has 0 amide bonds. The van der Waals surface area contributed by atoms with Crippen LogP contribution in [0.25, 0.3) is 0 Å². The maximum atomic E-state index is 13.3. The van der Waals surface area contributed by atoms with Crippen LogP contribution in [-0.2, 0) is 19.6 Å². The third kappa shape index (κ3) is 3.88. The van der Waals surface area contributed by atoms with Gasteiger partial charge in [-0.1, -0.05) is 6.07 Å². The minimum Gasteiger partial charge on any atom is -0.469 e. The molecule has 8 heteroatoms. The van der Waals surface area contributed by atoms with Crippen molar-refractivity contribution >= 4 is 27.4 Å². The fraction of sp³-hybridized carbons (Fsp3) is 0.300. The number of anilines is 2. The molecule has 0 saturated carbocycles. The Balaban J connectivity index is 2.80. The van der Waals surface area contributed by atoms with Gasteiger partial charge < -0.3 is 10.5 Å². The van der Waals surface area contributed by atoms with E-state index in [1.165, 1.54) is 12.1 Å². The number of halogens is 1. The molecule has 1 aromatic carbocycles. The fourth-order valence-electron chi connectivity index (χ4n) is 1.17. The molecule has 0 unspecified atom stereocenters. The van der Waals surface area contributed by atoms with E-state index in [4.69, 9.17) is 5.73 Å². The summed E-state index contributed by atoms with van der Waals surface area (Å²) in [7, 11) is -2.71. The Kier molecular flexibility index (Phi) is 4.49. The van der Waals surface area contributed by atoms with Crippen molar-refractivity contribution < 1.29 is 22.3 Å². The van der Waals surface area contributed by atoms with Crippen LogP contribution in [0.4, 0.5) is 15.8 Å². The van der Waals surface area contributed by atoms with E-state index in [0.29, 0.717) is 0 Å². The van der Waals surface area contributed by atoms with Gasteiger partial charge in [-0.25, -0.2) is 12.8 Å². The van der Waals surface area contributed by atoms with Crippen LogP contribution in [0.15, 0.2) is 18.2 Å². The Morgan fingerprint density at radius 3 is 2.72 bits per heavy atom. The lowest BCUT2D eigenvalue weighted by atomic mass is 10.3. The van der Waals surface area contributed by atoms with Crippen LogP contribution in [0.1, 0.15) is 6.42 Å². The van der Waals surface area contributed by atoms with Gasteiger partial charge in [-0.05, 0) is 12.1 Å². The highest BCUT2D eigenvalue weighted by atomic mass is 32.2. The summed E-state index contributed by atoms with van der Waals surface area (Å²) in [6, 6.07) is 3.80. The van der Waals surface area contributed by atoms with E-state index in [0.717, 1.165) is 13.2 Å². The number of rotatable bonds is 5. The molecule has 1 aromatic rings. The summed E-state index contributed by atoms with van der Waals surface area (Å²) < 4.78 is 42.8. The molecule has 0 bridgehead atoms. The molecule has 0 aliphatic rings. The van der Waals surface area contributed by atoms with Crippen molar-refractivity contribution in [3.8, 4) is 0 Å². The predicted octanol–water partition coefficient (Wildman–Crippen LogP) is 0.713. The maximum absolute atomic E-state index is 13.3. The van der Waals surface area contributed by atoms with Gasteiger partial charge in [-0.15, -0.1) is 0 Å². The predicted molar refractivity (Wildman–Crippen MR) is 64.9 cm³/mol. The van der Waals surface area contributed by atoms with E-state index in [2.05, 4.69) is 4.74 Å². The normalized spacial score (nSPS) is 11.0. The van der Waals surface area contributed by atoms with Crippen LogP contribution < -0.4 is 10.5 Å². The number of hydrogen-bond acceptors (Lipinski definition) is 5. The highest BCUT2D eigenvalue weighted by Crippen LogP contribution is 2.23. The number of esters is 1. The number of nitrogens with two attached hydrogens (primary N) is 1. The molecule has 0 aliphatic heterocycles. The van der Waals surface area contributed by atoms with Crippen LogP contribution in [0, 0.1) is 5.82 Å². The average Bonchev–Trinajstić information content (AvgIpc) is 2.31. The topological polar surface area (TPSA) is 98.5 Å². The highest BCUT2D eigenvalue weighted by Gasteiger charge is 2.17. The minimum atomic E-state index is -3.86. The van der Waals surface area contributed by atoms with Crippen molar-refractivity contribution in [1.82, 2.24) is 0 Å². The molecule has 100 valence electrons. The second kappa shape index (κ2) is 5.67. The Labute approximate surface area is 104 Å². The summed E-state index contributed by atoms with van der Waals surface area (Å²) in [5.74, 6) is -1.95. The first-order valence-corrected chi connectivity index (χ1v) is 6.62. The average molecular weight is 276 g/mol. The lowest BCUT2D eigenvalue weighted by Crippen LogP contribution is -2.20. The monoisotopic (exact) mass is 276 g/mol. The third-order valence-corrected chi connectivity index (χ3v) is 3.36. The number of carbonyl (C=O) groups is 1. The summed E-state index contributed by atoms with van der Waals surface area (Å²) in [6.07, 6.45) is -0.319. The molecular formula is C10H13FN2O4S. The van der Waals surface area contributed by atoms with Gasteiger partial charge in [0.1, 0.15) is 11.5 Å². The third-order valence-electron chi connectivity index (χ3n) is 2.11. The van der Waals surface area contributed by atoms with Gasteiger partial charge >= 0.3 is 5.97 Å². The summed E-state index contributed by atoms with van der Waals surface area (Å²) in [5.41, 5.74) is 5.10. The summed E-state index contributed by atoms with van der Waals surface area (Å²) in [5, 5.41) is 0. The fourth-order valence-corrected chi connectivity index (χ4v) is 2.24. The van der Waals surface area contributed by atoms with Gasteiger partial charge in [0.25, 0.3) is 0 Å². The number of nitrogen functional groups attached to an aromatic ring is 1. The van der Waals surface area contributed by atoms with Crippen LogP contribution in [0.5, 0.6) is 0 Å². The van der Waals surface area contributed by atoms with Gasteiger partial charge in [0, 0.05) is 0 Å². The SMILES string of the molecule is COC(=O)CCS(=O)(=O)Nc1c(N)cccc1F. The Morgan fingerprint density at radius 2 is 2.17 bits per heavy atom. The van der Waals surface area contributed by atoms with Crippen molar-refractivity contribution in [2.45, 2.75) is 6.42 Å². The number of hydrogen-bond donors (Lipinski definition) is 2. The maximum Gasteiger partial charge on any atom is 0.306 e. The Hall–Kier alpha value is -1.83. The second-order valence-electron chi connectivity index (χ2n) is 3.45. The number of para-hydroxylation sites is 1. The molecule has 0 spiro atoms. The highest BCUT2D eigenvalue weighted by molar-refractivity contribution is 7.92. The number of benzene rings is 1. The zero-order chi connectivity index (χ0) is 13.8. The molecule has 18 heavy (non-hydrogen) atoms. The van der Waals surface area contributed by atoms with Crippen molar-refractivity contribution in [2.24, 2.45) is 0 Å². The van der Waals surface area contributed by atoms with Gasteiger partial charge in [-0.2, -0.15) is 0 Å². The van der Waals surface area contributed by atoms with Gasteiger partial charge in [0.05, 0.1) is 25.0 Å². The standard InChI is InChI=1S/C10H13FN2O4S/c1-17-9(14)5-6-18(15,16)13-10-7(11)3-2-4-8(10)12/h2-4,13H,5-6,12H2,1H3. The molecule has 0 heterocycles. The molecule has 3 N–H and O–H groups in total. The second-order valence-corrected chi connectivity index (χ2v) is 5.29. The number of methoxy groups -OCH3 is 1. The first-order valence-electron chi connectivity index (χ1n) is 4.97. The number of ether oxygens (including phenoxy) is 1. The van der Waals surface area contributed by atoms with E-state index in [1.807, 2.05) is 4.72 Å². The van der Waals surface area contributed by atoms with Crippen LogP contribution >= 0.6 is 0 Å². The summed E-state index contributed by atoms with van der Waals surface area (Å²) in [6.45, 7) is 0. The molecule has 0 aromatic heterocycles.